The van der Waals surface area contributed by atoms with Gasteiger partial charge in [0.15, 0.2) is 0 Å². The minimum atomic E-state index is -0.366. The number of carbonyl (C=O) groups excluding carboxylic acids is 1. The molecule has 2 aromatic rings. The summed E-state index contributed by atoms with van der Waals surface area (Å²) in [6, 6.07) is 13.3. The molecule has 1 fully saturated rings. The van der Waals surface area contributed by atoms with E-state index in [1.807, 2.05) is 36.4 Å². The smallest absolute Gasteiger partial charge is 0.262 e. The Hall–Kier alpha value is -2.36. The van der Waals surface area contributed by atoms with E-state index in [4.69, 9.17) is 4.42 Å². The molecule has 0 unspecified atom stereocenters. The van der Waals surface area contributed by atoms with Crippen molar-refractivity contribution in [3.63, 3.8) is 0 Å². The van der Waals surface area contributed by atoms with Crippen LogP contribution in [0.2, 0.25) is 0 Å². The predicted octanol–water partition coefficient (Wildman–Crippen LogP) is 4.22. The van der Waals surface area contributed by atoms with Gasteiger partial charge in [-0.1, -0.05) is 34.5 Å². The first-order chi connectivity index (χ1) is 13.2. The van der Waals surface area contributed by atoms with Gasteiger partial charge in [0.25, 0.3) is 5.91 Å². The van der Waals surface area contributed by atoms with Crippen LogP contribution in [0.3, 0.4) is 0 Å². The Labute approximate surface area is 167 Å². The van der Waals surface area contributed by atoms with E-state index in [2.05, 4.69) is 26.1 Å². The Morgan fingerprint density at radius 2 is 2.07 bits per heavy atom. The van der Waals surface area contributed by atoms with Gasteiger partial charge in [0, 0.05) is 29.2 Å². The summed E-state index contributed by atoms with van der Waals surface area (Å²) in [5, 5.41) is 12.2. The molecular weight excluding hydrogens is 406 g/mol. The van der Waals surface area contributed by atoms with Crippen LogP contribution in [-0.2, 0) is 4.79 Å². The molecule has 3 rings (SSSR count). The third-order valence-corrected chi connectivity index (χ3v) is 5.04. The Balaban J connectivity index is 1.60. The van der Waals surface area contributed by atoms with E-state index in [0.717, 1.165) is 29.7 Å². The molecule has 0 bridgehead atoms. The van der Waals surface area contributed by atoms with Crippen molar-refractivity contribution in [3.8, 4) is 17.4 Å². The van der Waals surface area contributed by atoms with Crippen molar-refractivity contribution in [2.45, 2.75) is 19.3 Å². The molecule has 140 valence electrons. The lowest BCUT2D eigenvalue weighted by atomic mass is 10.1. The van der Waals surface area contributed by atoms with Crippen LogP contribution in [0.4, 0.5) is 0 Å². The van der Waals surface area contributed by atoms with Crippen molar-refractivity contribution < 1.29 is 9.21 Å². The Kier molecular flexibility index (Phi) is 6.86. The maximum Gasteiger partial charge on any atom is 0.262 e. The lowest BCUT2D eigenvalue weighted by Gasteiger charge is -2.26. The third kappa shape index (κ3) is 5.56. The number of benzene rings is 1. The minimum Gasteiger partial charge on any atom is -0.457 e. The van der Waals surface area contributed by atoms with E-state index in [1.165, 1.54) is 25.3 Å². The van der Waals surface area contributed by atoms with Crippen molar-refractivity contribution in [2.75, 3.05) is 26.2 Å². The molecule has 0 saturated carbocycles. The van der Waals surface area contributed by atoms with Crippen LogP contribution in [0.15, 0.2) is 50.9 Å². The van der Waals surface area contributed by atoms with Gasteiger partial charge in [-0.15, -0.1) is 0 Å². The molecule has 1 aliphatic heterocycles. The van der Waals surface area contributed by atoms with E-state index in [9.17, 15) is 10.1 Å². The van der Waals surface area contributed by atoms with E-state index < -0.39 is 0 Å². The van der Waals surface area contributed by atoms with Crippen LogP contribution in [0, 0.1) is 11.3 Å². The summed E-state index contributed by atoms with van der Waals surface area (Å²) >= 11 is 3.44. The van der Waals surface area contributed by atoms with E-state index in [0.29, 0.717) is 18.1 Å². The molecule has 0 atom stereocenters. The summed E-state index contributed by atoms with van der Waals surface area (Å²) in [6.07, 6.45) is 5.21. The highest BCUT2D eigenvalue weighted by atomic mass is 79.9. The van der Waals surface area contributed by atoms with Gasteiger partial charge >= 0.3 is 0 Å². The van der Waals surface area contributed by atoms with E-state index >= 15 is 0 Å². The first-order valence-electron chi connectivity index (χ1n) is 9.14. The van der Waals surface area contributed by atoms with Crippen LogP contribution >= 0.6 is 15.9 Å². The average Bonchev–Trinajstić information content (AvgIpc) is 3.15. The van der Waals surface area contributed by atoms with Gasteiger partial charge in [-0.2, -0.15) is 5.26 Å². The molecule has 1 aromatic heterocycles. The SMILES string of the molecule is N#C/C(=C/c1ccc(-c2cccc(Br)c2)o1)C(=O)NCCN1CCCCC1. The fourth-order valence-electron chi connectivity index (χ4n) is 3.12. The van der Waals surface area contributed by atoms with Crippen molar-refractivity contribution >= 4 is 27.9 Å². The third-order valence-electron chi connectivity index (χ3n) is 4.55. The number of carbonyl (C=O) groups is 1. The quantitative estimate of drug-likeness (QED) is 0.553. The molecule has 27 heavy (non-hydrogen) atoms. The zero-order valence-electron chi connectivity index (χ0n) is 15.1. The highest BCUT2D eigenvalue weighted by molar-refractivity contribution is 9.10. The standard InChI is InChI=1S/C21H22BrN3O2/c22-18-6-4-5-16(13-18)20-8-7-19(27-20)14-17(15-23)21(26)24-9-12-25-10-2-1-3-11-25/h4-8,13-14H,1-3,9-12H2,(H,24,26)/b17-14-. The van der Waals surface area contributed by atoms with Crippen molar-refractivity contribution in [3.05, 3.63) is 52.2 Å². The normalized spacial score (nSPS) is 15.3. The molecule has 1 N–H and O–H groups in total. The monoisotopic (exact) mass is 427 g/mol. The second kappa shape index (κ2) is 9.54. The number of piperidine rings is 1. The fourth-order valence-corrected chi connectivity index (χ4v) is 3.52. The number of amides is 1. The molecular formula is C21H22BrN3O2. The second-order valence-corrected chi connectivity index (χ2v) is 7.46. The molecule has 6 heteroatoms. The van der Waals surface area contributed by atoms with Crippen LogP contribution in [0.5, 0.6) is 0 Å². The summed E-state index contributed by atoms with van der Waals surface area (Å²) in [7, 11) is 0. The van der Waals surface area contributed by atoms with Crippen molar-refractivity contribution in [2.24, 2.45) is 0 Å². The number of furan rings is 1. The highest BCUT2D eigenvalue weighted by Gasteiger charge is 2.13. The number of hydrogen-bond acceptors (Lipinski definition) is 4. The van der Waals surface area contributed by atoms with Gasteiger partial charge < -0.3 is 14.6 Å². The number of nitriles is 1. The fraction of sp³-hybridized carbons (Fsp3) is 0.333. The Bertz CT molecular complexity index is 860. The number of halogens is 1. The topological polar surface area (TPSA) is 69.3 Å². The van der Waals surface area contributed by atoms with Gasteiger partial charge in [0.1, 0.15) is 23.2 Å². The van der Waals surface area contributed by atoms with Gasteiger partial charge in [0.05, 0.1) is 0 Å². The first-order valence-corrected chi connectivity index (χ1v) is 9.93. The lowest BCUT2D eigenvalue weighted by molar-refractivity contribution is -0.117. The van der Waals surface area contributed by atoms with Gasteiger partial charge in [-0.3, -0.25) is 4.79 Å². The lowest BCUT2D eigenvalue weighted by Crippen LogP contribution is -2.37. The molecule has 1 amide bonds. The van der Waals surface area contributed by atoms with Crippen LogP contribution in [0.1, 0.15) is 25.0 Å². The molecule has 0 aliphatic carbocycles. The van der Waals surface area contributed by atoms with Crippen LogP contribution < -0.4 is 5.32 Å². The Morgan fingerprint density at radius 3 is 2.81 bits per heavy atom. The minimum absolute atomic E-state index is 0.0452. The molecule has 5 nitrogen and oxygen atoms in total. The summed E-state index contributed by atoms with van der Waals surface area (Å²) < 4.78 is 6.73. The van der Waals surface area contributed by atoms with E-state index in [1.54, 1.807) is 6.07 Å². The maximum atomic E-state index is 12.3. The van der Waals surface area contributed by atoms with Crippen LogP contribution in [0.25, 0.3) is 17.4 Å². The van der Waals surface area contributed by atoms with Gasteiger partial charge in [0.2, 0.25) is 0 Å². The molecule has 0 spiro atoms. The maximum absolute atomic E-state index is 12.3. The number of hydrogen-bond donors (Lipinski definition) is 1. The molecule has 1 aromatic carbocycles. The summed E-state index contributed by atoms with van der Waals surface area (Å²) in [5.41, 5.74) is 0.970. The number of nitrogens with one attached hydrogen (secondary N) is 1. The van der Waals surface area contributed by atoms with Crippen molar-refractivity contribution in [1.29, 1.82) is 5.26 Å². The van der Waals surface area contributed by atoms with Gasteiger partial charge in [-0.25, -0.2) is 0 Å². The number of likely N-dealkylation sites (tertiary alicyclic amines) is 1. The summed E-state index contributed by atoms with van der Waals surface area (Å²) in [5.74, 6) is 0.799. The molecule has 0 radical (unpaired) electrons. The summed E-state index contributed by atoms with van der Waals surface area (Å²) in [6.45, 7) is 3.53. The summed E-state index contributed by atoms with van der Waals surface area (Å²) in [4.78, 5) is 14.6. The number of rotatable bonds is 6. The van der Waals surface area contributed by atoms with Crippen LogP contribution in [-0.4, -0.2) is 37.0 Å². The van der Waals surface area contributed by atoms with Crippen molar-refractivity contribution in [1.82, 2.24) is 10.2 Å². The molecule has 1 saturated heterocycles. The highest BCUT2D eigenvalue weighted by Crippen LogP contribution is 2.25. The second-order valence-electron chi connectivity index (χ2n) is 6.54. The zero-order chi connectivity index (χ0) is 19.1. The first kappa shape index (κ1) is 19.4. The molecule has 2 heterocycles. The predicted molar refractivity (Wildman–Crippen MR) is 109 cm³/mol. The van der Waals surface area contributed by atoms with Gasteiger partial charge in [-0.05, 0) is 50.2 Å². The van der Waals surface area contributed by atoms with E-state index in [-0.39, 0.29) is 11.5 Å². The largest absolute Gasteiger partial charge is 0.457 e. The molecule has 1 aliphatic rings. The Morgan fingerprint density at radius 1 is 1.26 bits per heavy atom. The average molecular weight is 428 g/mol. The number of nitrogens with zero attached hydrogens (tertiary/aromatic N) is 2. The zero-order valence-corrected chi connectivity index (χ0v) is 16.7.